The molecule has 1 N–H and O–H groups in total. The molecule has 7 nitrogen and oxygen atoms in total. The molecule has 29 heavy (non-hydrogen) atoms. The van der Waals surface area contributed by atoms with Crippen molar-refractivity contribution in [1.29, 1.82) is 0 Å². The van der Waals surface area contributed by atoms with Crippen LogP contribution in [0.2, 0.25) is 0 Å². The summed E-state index contributed by atoms with van der Waals surface area (Å²) in [5.41, 5.74) is 3.90. The third kappa shape index (κ3) is 3.67. The van der Waals surface area contributed by atoms with E-state index in [9.17, 15) is 4.79 Å². The van der Waals surface area contributed by atoms with Crippen molar-refractivity contribution in [1.82, 2.24) is 29.9 Å². The van der Waals surface area contributed by atoms with E-state index in [0.29, 0.717) is 19.0 Å². The van der Waals surface area contributed by atoms with Gasteiger partial charge in [0, 0.05) is 35.3 Å². The number of aryl methyl sites for hydroxylation is 1. The van der Waals surface area contributed by atoms with Crippen molar-refractivity contribution in [2.75, 3.05) is 6.54 Å². The standard InChI is InChI=1S/C21H22N6OS/c1-14-20-16(18-3-2-12-29-18)6-8-23-21(20)27(24-14)13-19(28)22-9-11-26-10-7-17(25-26)15-4-5-15/h2-3,6-8,10,12,15H,4-5,9,11,13H2,1H3,(H,22,28). The predicted molar refractivity (Wildman–Crippen MR) is 113 cm³/mol. The molecule has 4 heterocycles. The molecule has 1 aliphatic carbocycles. The number of carbonyl (C=O) groups excluding carboxylic acids is 1. The second-order valence-electron chi connectivity index (χ2n) is 7.41. The number of thiophene rings is 1. The molecule has 1 saturated carbocycles. The van der Waals surface area contributed by atoms with Gasteiger partial charge < -0.3 is 5.32 Å². The summed E-state index contributed by atoms with van der Waals surface area (Å²) in [6, 6.07) is 8.21. The maximum atomic E-state index is 12.5. The number of amides is 1. The summed E-state index contributed by atoms with van der Waals surface area (Å²) in [7, 11) is 0. The van der Waals surface area contributed by atoms with Gasteiger partial charge in [0.2, 0.25) is 5.91 Å². The van der Waals surface area contributed by atoms with E-state index in [1.54, 1.807) is 22.2 Å². The Labute approximate surface area is 172 Å². The molecule has 0 saturated heterocycles. The highest BCUT2D eigenvalue weighted by atomic mass is 32.1. The molecule has 0 spiro atoms. The Balaban J connectivity index is 1.26. The molecule has 0 radical (unpaired) electrons. The fraction of sp³-hybridized carbons (Fsp3) is 0.333. The van der Waals surface area contributed by atoms with Crippen LogP contribution in [0.4, 0.5) is 0 Å². The lowest BCUT2D eigenvalue weighted by molar-refractivity contribution is -0.121. The van der Waals surface area contributed by atoms with E-state index in [-0.39, 0.29) is 12.5 Å². The summed E-state index contributed by atoms with van der Waals surface area (Å²) in [4.78, 5) is 18.1. The average molecular weight is 407 g/mol. The van der Waals surface area contributed by atoms with Gasteiger partial charge in [-0.15, -0.1) is 11.3 Å². The van der Waals surface area contributed by atoms with Crippen LogP contribution in [-0.2, 0) is 17.9 Å². The summed E-state index contributed by atoms with van der Waals surface area (Å²) in [5.74, 6) is 0.570. The van der Waals surface area contributed by atoms with E-state index in [1.807, 2.05) is 29.9 Å². The van der Waals surface area contributed by atoms with Crippen molar-refractivity contribution in [2.45, 2.75) is 38.8 Å². The first-order valence-corrected chi connectivity index (χ1v) is 10.7. The van der Waals surface area contributed by atoms with Gasteiger partial charge in [0.05, 0.1) is 23.3 Å². The van der Waals surface area contributed by atoms with Gasteiger partial charge in [0.15, 0.2) is 5.65 Å². The number of carbonyl (C=O) groups is 1. The predicted octanol–water partition coefficient (Wildman–Crippen LogP) is 3.36. The highest BCUT2D eigenvalue weighted by Crippen LogP contribution is 2.38. The minimum absolute atomic E-state index is 0.0766. The molecular weight excluding hydrogens is 384 g/mol. The van der Waals surface area contributed by atoms with Gasteiger partial charge in [-0.25, -0.2) is 9.67 Å². The Morgan fingerprint density at radius 1 is 1.28 bits per heavy atom. The third-order valence-electron chi connectivity index (χ3n) is 5.21. The van der Waals surface area contributed by atoms with Gasteiger partial charge in [-0.05, 0) is 43.3 Å². The van der Waals surface area contributed by atoms with Gasteiger partial charge in [0.25, 0.3) is 0 Å². The molecule has 4 aromatic heterocycles. The molecule has 1 aliphatic rings. The Morgan fingerprint density at radius 2 is 2.17 bits per heavy atom. The molecule has 0 unspecified atom stereocenters. The van der Waals surface area contributed by atoms with Crippen LogP contribution >= 0.6 is 11.3 Å². The van der Waals surface area contributed by atoms with Crippen molar-refractivity contribution in [3.63, 3.8) is 0 Å². The lowest BCUT2D eigenvalue weighted by Gasteiger charge is -2.07. The van der Waals surface area contributed by atoms with Crippen LogP contribution in [0.5, 0.6) is 0 Å². The molecule has 0 aliphatic heterocycles. The van der Waals surface area contributed by atoms with Crippen LogP contribution < -0.4 is 5.32 Å². The fourth-order valence-corrected chi connectivity index (χ4v) is 4.39. The number of nitrogens with zero attached hydrogens (tertiary/aromatic N) is 5. The maximum absolute atomic E-state index is 12.5. The van der Waals surface area contributed by atoms with Crippen LogP contribution in [0.3, 0.4) is 0 Å². The molecule has 5 rings (SSSR count). The highest BCUT2D eigenvalue weighted by Gasteiger charge is 2.25. The number of hydrogen-bond acceptors (Lipinski definition) is 5. The largest absolute Gasteiger partial charge is 0.353 e. The Bertz CT molecular complexity index is 1160. The van der Waals surface area contributed by atoms with E-state index in [0.717, 1.165) is 22.3 Å². The monoisotopic (exact) mass is 406 g/mol. The first kappa shape index (κ1) is 18.1. The second kappa shape index (κ2) is 7.44. The van der Waals surface area contributed by atoms with Crippen molar-refractivity contribution in [3.8, 4) is 10.4 Å². The number of nitrogens with one attached hydrogen (secondary N) is 1. The number of fused-ring (bicyclic) bond motifs is 1. The zero-order valence-corrected chi connectivity index (χ0v) is 17.0. The van der Waals surface area contributed by atoms with Crippen molar-refractivity contribution in [2.24, 2.45) is 0 Å². The molecule has 0 aromatic carbocycles. The highest BCUT2D eigenvalue weighted by molar-refractivity contribution is 7.13. The normalized spacial score (nSPS) is 13.8. The zero-order chi connectivity index (χ0) is 19.8. The summed E-state index contributed by atoms with van der Waals surface area (Å²) in [5, 5.41) is 15.2. The number of aromatic nitrogens is 5. The quantitative estimate of drug-likeness (QED) is 0.511. The van der Waals surface area contributed by atoms with Gasteiger partial charge in [0.1, 0.15) is 6.54 Å². The second-order valence-corrected chi connectivity index (χ2v) is 8.35. The number of hydrogen-bond donors (Lipinski definition) is 1. The molecule has 4 aromatic rings. The van der Waals surface area contributed by atoms with Gasteiger partial charge >= 0.3 is 0 Å². The average Bonchev–Trinajstić information content (AvgIpc) is 3.12. The SMILES string of the molecule is Cc1nn(CC(=O)NCCn2ccc(C3CC3)n2)c2nccc(-c3cccs3)c12. The molecule has 0 atom stereocenters. The lowest BCUT2D eigenvalue weighted by Crippen LogP contribution is -2.31. The van der Waals surface area contributed by atoms with E-state index >= 15 is 0 Å². The van der Waals surface area contributed by atoms with Crippen molar-refractivity contribution in [3.05, 3.63) is 53.4 Å². The van der Waals surface area contributed by atoms with Crippen molar-refractivity contribution >= 4 is 28.3 Å². The van der Waals surface area contributed by atoms with E-state index in [4.69, 9.17) is 0 Å². The smallest absolute Gasteiger partial charge is 0.241 e. The van der Waals surface area contributed by atoms with Crippen molar-refractivity contribution < 1.29 is 4.79 Å². The molecular formula is C21H22N6OS. The molecule has 148 valence electrons. The van der Waals surface area contributed by atoms with Gasteiger partial charge in [-0.3, -0.25) is 9.48 Å². The summed E-state index contributed by atoms with van der Waals surface area (Å²) in [6.45, 7) is 3.32. The molecule has 0 bridgehead atoms. The minimum atomic E-state index is -0.0766. The van der Waals surface area contributed by atoms with Crippen LogP contribution in [0.25, 0.3) is 21.5 Å². The van der Waals surface area contributed by atoms with Crippen LogP contribution in [0.15, 0.2) is 42.0 Å². The van der Waals surface area contributed by atoms with Gasteiger partial charge in [-0.2, -0.15) is 10.2 Å². The third-order valence-corrected chi connectivity index (χ3v) is 6.11. The molecule has 8 heteroatoms. The summed E-state index contributed by atoms with van der Waals surface area (Å²) < 4.78 is 3.59. The zero-order valence-electron chi connectivity index (χ0n) is 16.2. The maximum Gasteiger partial charge on any atom is 0.241 e. The van der Waals surface area contributed by atoms with Gasteiger partial charge in [-0.1, -0.05) is 6.07 Å². The van der Waals surface area contributed by atoms with E-state index < -0.39 is 0 Å². The number of rotatable bonds is 7. The van der Waals surface area contributed by atoms with E-state index in [2.05, 4.69) is 38.0 Å². The fourth-order valence-electron chi connectivity index (χ4n) is 3.63. The Morgan fingerprint density at radius 3 is 2.97 bits per heavy atom. The summed E-state index contributed by atoms with van der Waals surface area (Å²) >= 11 is 1.69. The molecule has 1 fully saturated rings. The van der Waals surface area contributed by atoms with Crippen LogP contribution in [0, 0.1) is 6.92 Å². The Hall–Kier alpha value is -3.00. The topological polar surface area (TPSA) is 77.6 Å². The first-order valence-electron chi connectivity index (χ1n) is 9.85. The lowest BCUT2D eigenvalue weighted by atomic mass is 10.1. The van der Waals surface area contributed by atoms with Crippen LogP contribution in [0.1, 0.15) is 30.1 Å². The number of pyridine rings is 1. The van der Waals surface area contributed by atoms with E-state index in [1.165, 1.54) is 23.4 Å². The Kier molecular flexibility index (Phi) is 4.63. The first-order chi connectivity index (χ1) is 14.2. The molecule has 1 amide bonds. The van der Waals surface area contributed by atoms with Crippen LogP contribution in [-0.4, -0.2) is 37.0 Å². The minimum Gasteiger partial charge on any atom is -0.353 e. The summed E-state index contributed by atoms with van der Waals surface area (Å²) in [6.07, 6.45) is 6.25.